The number of nitrogens with one attached hydrogen (secondary N) is 2. The van der Waals surface area contributed by atoms with Crippen molar-refractivity contribution in [2.45, 2.75) is 40.2 Å². The second kappa shape index (κ2) is 10.0. The molecule has 1 aliphatic rings. The number of amides is 2. The molecule has 8 heteroatoms. The van der Waals surface area contributed by atoms with Crippen LogP contribution >= 0.6 is 0 Å². The Morgan fingerprint density at radius 3 is 2.64 bits per heavy atom. The van der Waals surface area contributed by atoms with Crippen molar-refractivity contribution in [2.75, 3.05) is 13.1 Å². The maximum absolute atomic E-state index is 13.3. The Morgan fingerprint density at radius 1 is 1.39 bits per heavy atom. The first-order valence-corrected chi connectivity index (χ1v) is 11.2. The third-order valence-corrected chi connectivity index (χ3v) is 5.91. The minimum Gasteiger partial charge on any atom is -0.363 e. The molecule has 1 aliphatic heterocycles. The summed E-state index contributed by atoms with van der Waals surface area (Å²) in [5, 5.41) is 7.14. The van der Waals surface area contributed by atoms with E-state index < -0.39 is 6.04 Å². The fraction of sp³-hybridized carbons (Fsp3) is 0.440. The summed E-state index contributed by atoms with van der Waals surface area (Å²) < 4.78 is 1.68. The maximum Gasteiger partial charge on any atom is 0.255 e. The molecular weight excluding hydrogens is 416 g/mol. The predicted octanol–water partition coefficient (Wildman–Crippen LogP) is 3.54. The minimum absolute atomic E-state index is 0.0472. The van der Waals surface area contributed by atoms with Gasteiger partial charge in [-0.2, -0.15) is 5.10 Å². The minimum atomic E-state index is -0.590. The molecule has 2 amide bonds. The van der Waals surface area contributed by atoms with E-state index in [9.17, 15) is 9.59 Å². The zero-order valence-electron chi connectivity index (χ0n) is 20.2. The van der Waals surface area contributed by atoms with Crippen molar-refractivity contribution in [3.63, 3.8) is 0 Å². The SMILES string of the molecule is C=CC(=Nc1c(C(=O)N[C@H](CC(C)C)C(=O)N2CC(C(=C)C)C2)c[nH]c1C)c1cnn(C)c1. The van der Waals surface area contributed by atoms with Gasteiger partial charge < -0.3 is 15.2 Å². The summed E-state index contributed by atoms with van der Waals surface area (Å²) in [4.78, 5) is 36.0. The number of aliphatic imine (C=N–C) groups is 1. The fourth-order valence-electron chi connectivity index (χ4n) is 3.86. The highest BCUT2D eigenvalue weighted by molar-refractivity contribution is 6.11. The van der Waals surface area contributed by atoms with Crippen molar-refractivity contribution in [2.24, 2.45) is 23.9 Å². The fourth-order valence-corrected chi connectivity index (χ4v) is 3.86. The topological polar surface area (TPSA) is 95.4 Å². The van der Waals surface area contributed by atoms with Crippen LogP contribution in [0.25, 0.3) is 0 Å². The molecule has 0 spiro atoms. The summed E-state index contributed by atoms with van der Waals surface area (Å²) in [6.45, 7) is 17.1. The molecule has 2 aromatic rings. The standard InChI is InChI=1S/C25H34N6O2/c1-8-21(18-10-27-30(7)12-18)28-23-17(6)26-11-20(23)24(32)29-22(9-15(2)3)25(33)31-13-19(14-31)16(4)5/h8,10-12,15,19,22,26H,1,4,9,13-14H2,2-3,5-7H3,(H,29,32)/t22-/m1/s1. The zero-order chi connectivity index (χ0) is 24.3. The number of rotatable bonds is 9. The Balaban J connectivity index is 1.82. The Bertz CT molecular complexity index is 1080. The van der Waals surface area contributed by atoms with Crippen LogP contribution in [0.15, 0.2) is 48.4 Å². The van der Waals surface area contributed by atoms with Gasteiger partial charge in [0.15, 0.2) is 0 Å². The molecule has 1 saturated heterocycles. The van der Waals surface area contributed by atoms with Gasteiger partial charge in [0.1, 0.15) is 6.04 Å². The number of hydrogen-bond acceptors (Lipinski definition) is 4. The van der Waals surface area contributed by atoms with Crippen molar-refractivity contribution < 1.29 is 9.59 Å². The van der Waals surface area contributed by atoms with Crippen LogP contribution in [0.3, 0.4) is 0 Å². The molecule has 0 saturated carbocycles. The first-order chi connectivity index (χ1) is 15.6. The number of nitrogens with zero attached hydrogens (tertiary/aromatic N) is 4. The highest BCUT2D eigenvalue weighted by Crippen LogP contribution is 2.27. The van der Waals surface area contributed by atoms with Crippen molar-refractivity contribution in [1.29, 1.82) is 0 Å². The first kappa shape index (κ1) is 24.2. The number of allylic oxidation sites excluding steroid dienone is 1. The van der Waals surface area contributed by atoms with E-state index in [0.29, 0.717) is 42.4 Å². The number of hydrogen-bond donors (Lipinski definition) is 2. The van der Waals surface area contributed by atoms with Crippen molar-refractivity contribution in [3.8, 4) is 0 Å². The van der Waals surface area contributed by atoms with Crippen LogP contribution in [0.1, 0.15) is 48.8 Å². The number of aryl methyl sites for hydroxylation is 2. The zero-order valence-corrected chi connectivity index (χ0v) is 20.2. The van der Waals surface area contributed by atoms with Gasteiger partial charge in [0, 0.05) is 49.7 Å². The molecule has 2 aromatic heterocycles. The quantitative estimate of drug-likeness (QED) is 0.452. The largest absolute Gasteiger partial charge is 0.363 e. The van der Waals surface area contributed by atoms with Crippen LogP contribution in [0.4, 0.5) is 5.69 Å². The summed E-state index contributed by atoms with van der Waals surface area (Å²) >= 11 is 0. The van der Waals surface area contributed by atoms with E-state index in [-0.39, 0.29) is 17.7 Å². The lowest BCUT2D eigenvalue weighted by molar-refractivity contribution is -0.139. The molecule has 0 aromatic carbocycles. The van der Waals surface area contributed by atoms with Gasteiger partial charge in [-0.05, 0) is 32.3 Å². The summed E-state index contributed by atoms with van der Waals surface area (Å²) in [6, 6.07) is -0.590. The van der Waals surface area contributed by atoms with Gasteiger partial charge in [0.05, 0.1) is 23.2 Å². The lowest BCUT2D eigenvalue weighted by atomic mass is 9.91. The van der Waals surface area contributed by atoms with Crippen LogP contribution in [0.2, 0.25) is 0 Å². The first-order valence-electron chi connectivity index (χ1n) is 11.2. The lowest BCUT2D eigenvalue weighted by Gasteiger charge is -2.41. The number of likely N-dealkylation sites (tertiary alicyclic amines) is 1. The summed E-state index contributed by atoms with van der Waals surface area (Å²) in [7, 11) is 1.83. The molecule has 176 valence electrons. The molecule has 0 radical (unpaired) electrons. The van der Waals surface area contributed by atoms with Crippen molar-refractivity contribution in [1.82, 2.24) is 25.0 Å². The Labute approximate surface area is 195 Å². The Morgan fingerprint density at radius 2 is 2.09 bits per heavy atom. The van der Waals surface area contributed by atoms with Gasteiger partial charge in [-0.15, -0.1) is 0 Å². The number of carbonyl (C=O) groups excluding carboxylic acids is 2. The Hall–Kier alpha value is -3.42. The molecule has 0 bridgehead atoms. The number of carbonyl (C=O) groups is 2. The summed E-state index contributed by atoms with van der Waals surface area (Å²) in [6.07, 6.45) is 7.37. The molecule has 2 N–H and O–H groups in total. The smallest absolute Gasteiger partial charge is 0.255 e. The van der Waals surface area contributed by atoms with Crippen molar-refractivity contribution >= 4 is 23.2 Å². The normalized spacial score (nSPS) is 15.3. The number of H-pyrrole nitrogens is 1. The van der Waals surface area contributed by atoms with E-state index in [4.69, 9.17) is 4.99 Å². The Kier molecular flexibility index (Phi) is 7.36. The molecule has 0 unspecified atom stereocenters. The van der Waals surface area contributed by atoms with Gasteiger partial charge in [-0.25, -0.2) is 4.99 Å². The molecule has 33 heavy (non-hydrogen) atoms. The molecule has 3 heterocycles. The van der Waals surface area contributed by atoms with E-state index in [1.54, 1.807) is 28.1 Å². The monoisotopic (exact) mass is 450 g/mol. The second-order valence-electron chi connectivity index (χ2n) is 9.22. The van der Waals surface area contributed by atoms with Crippen LogP contribution < -0.4 is 5.32 Å². The highest BCUT2D eigenvalue weighted by atomic mass is 16.2. The van der Waals surface area contributed by atoms with Crippen LogP contribution in [0, 0.1) is 18.8 Å². The average Bonchev–Trinajstić information content (AvgIpc) is 3.29. The summed E-state index contributed by atoms with van der Waals surface area (Å²) in [5.41, 5.74) is 4.16. The van der Waals surface area contributed by atoms with Crippen molar-refractivity contribution in [3.05, 3.63) is 60.2 Å². The van der Waals surface area contributed by atoms with E-state index in [1.165, 1.54) is 0 Å². The van der Waals surface area contributed by atoms with Gasteiger partial charge >= 0.3 is 0 Å². The van der Waals surface area contributed by atoms with Crippen LogP contribution in [-0.4, -0.2) is 56.3 Å². The van der Waals surface area contributed by atoms with Gasteiger partial charge in [0.25, 0.3) is 5.91 Å². The molecule has 1 atom stereocenters. The van der Waals surface area contributed by atoms with E-state index in [2.05, 4.69) is 28.6 Å². The average molecular weight is 451 g/mol. The number of aromatic amines is 1. The second-order valence-corrected chi connectivity index (χ2v) is 9.22. The van der Waals surface area contributed by atoms with Crippen LogP contribution in [-0.2, 0) is 11.8 Å². The number of aromatic nitrogens is 3. The van der Waals surface area contributed by atoms with E-state index in [1.807, 2.05) is 40.9 Å². The third-order valence-electron chi connectivity index (χ3n) is 5.91. The molecule has 0 aliphatic carbocycles. The third kappa shape index (κ3) is 5.50. The lowest BCUT2D eigenvalue weighted by Crippen LogP contribution is -2.57. The summed E-state index contributed by atoms with van der Waals surface area (Å²) in [5.74, 6) is 0.209. The van der Waals surface area contributed by atoms with E-state index >= 15 is 0 Å². The van der Waals surface area contributed by atoms with Gasteiger partial charge in [0.2, 0.25) is 5.91 Å². The highest BCUT2D eigenvalue weighted by Gasteiger charge is 2.36. The predicted molar refractivity (Wildman–Crippen MR) is 131 cm³/mol. The van der Waals surface area contributed by atoms with Gasteiger partial charge in [-0.3, -0.25) is 14.3 Å². The molecule has 1 fully saturated rings. The molecular formula is C25H34N6O2. The maximum atomic E-state index is 13.3. The van der Waals surface area contributed by atoms with Crippen LogP contribution in [0.5, 0.6) is 0 Å². The van der Waals surface area contributed by atoms with E-state index in [0.717, 1.165) is 16.8 Å². The molecule has 3 rings (SSSR count). The molecule has 8 nitrogen and oxygen atoms in total. The van der Waals surface area contributed by atoms with Gasteiger partial charge in [-0.1, -0.05) is 32.6 Å².